The molecule has 19 heavy (non-hydrogen) atoms. The number of furan rings is 1. The van der Waals surface area contributed by atoms with E-state index < -0.39 is 0 Å². The molecule has 1 aliphatic heterocycles. The summed E-state index contributed by atoms with van der Waals surface area (Å²) < 4.78 is 5.47. The van der Waals surface area contributed by atoms with Crippen molar-refractivity contribution in [2.24, 2.45) is 0 Å². The Balaban J connectivity index is 1.86. The van der Waals surface area contributed by atoms with Gasteiger partial charge in [-0.3, -0.25) is 4.79 Å². The number of hydrogen-bond donors (Lipinski definition) is 0. The Bertz CT molecular complexity index is 588. The molecule has 0 amide bonds. The van der Waals surface area contributed by atoms with Crippen molar-refractivity contribution < 1.29 is 9.21 Å². The molecule has 1 aliphatic rings. The molecule has 1 unspecified atom stereocenters. The van der Waals surface area contributed by atoms with Crippen LogP contribution in [0.2, 0.25) is 0 Å². The number of carbonyl (C=O) groups excluding carboxylic acids is 1. The summed E-state index contributed by atoms with van der Waals surface area (Å²) in [5, 5.41) is 0. The summed E-state index contributed by atoms with van der Waals surface area (Å²) >= 11 is 0. The molecule has 3 nitrogen and oxygen atoms in total. The molecule has 1 aromatic heterocycles. The van der Waals surface area contributed by atoms with Gasteiger partial charge in [-0.15, -0.1) is 0 Å². The van der Waals surface area contributed by atoms with Gasteiger partial charge < -0.3 is 9.32 Å². The fourth-order valence-corrected chi connectivity index (χ4v) is 2.71. The van der Waals surface area contributed by atoms with Gasteiger partial charge in [-0.1, -0.05) is 25.1 Å². The Morgan fingerprint density at radius 1 is 1.32 bits per heavy atom. The van der Waals surface area contributed by atoms with Gasteiger partial charge in [0.1, 0.15) is 5.76 Å². The van der Waals surface area contributed by atoms with E-state index in [0.29, 0.717) is 11.7 Å². The van der Waals surface area contributed by atoms with Crippen molar-refractivity contribution in [3.63, 3.8) is 0 Å². The minimum Gasteiger partial charge on any atom is -0.456 e. The van der Waals surface area contributed by atoms with Crippen LogP contribution in [-0.2, 0) is 6.54 Å². The van der Waals surface area contributed by atoms with Crippen molar-refractivity contribution in [1.29, 1.82) is 0 Å². The summed E-state index contributed by atoms with van der Waals surface area (Å²) in [5.74, 6) is 1.84. The number of fused-ring (bicyclic) bond motifs is 1. The largest absolute Gasteiger partial charge is 0.456 e. The van der Waals surface area contributed by atoms with Gasteiger partial charge in [0.2, 0.25) is 0 Å². The van der Waals surface area contributed by atoms with Crippen LogP contribution < -0.4 is 4.90 Å². The summed E-state index contributed by atoms with van der Waals surface area (Å²) in [6.07, 6.45) is 1.90. The first kappa shape index (κ1) is 12.0. The molecule has 0 aliphatic carbocycles. The Labute approximate surface area is 112 Å². The van der Waals surface area contributed by atoms with E-state index in [2.05, 4.69) is 36.1 Å². The van der Waals surface area contributed by atoms with E-state index in [4.69, 9.17) is 4.42 Å². The third-order valence-corrected chi connectivity index (χ3v) is 3.79. The standard InChI is InChI=1S/C16H17NO2/c1-12-8-9-17(16-5-3-2-4-15(12)16)10-13-6-7-14(11-18)19-13/h2-7,11-12H,8-10H2,1H3. The fraction of sp³-hybridized carbons (Fsp3) is 0.312. The number of carbonyl (C=O) groups is 1. The average molecular weight is 255 g/mol. The van der Waals surface area contributed by atoms with Crippen molar-refractivity contribution in [2.75, 3.05) is 11.4 Å². The Morgan fingerprint density at radius 2 is 2.16 bits per heavy atom. The predicted octanol–water partition coefficient (Wildman–Crippen LogP) is 3.61. The Hall–Kier alpha value is -2.03. The van der Waals surface area contributed by atoms with Crippen LogP contribution in [0.15, 0.2) is 40.8 Å². The van der Waals surface area contributed by atoms with Gasteiger partial charge in [-0.2, -0.15) is 0 Å². The summed E-state index contributed by atoms with van der Waals surface area (Å²) in [4.78, 5) is 13.0. The molecule has 0 saturated heterocycles. The van der Waals surface area contributed by atoms with E-state index in [-0.39, 0.29) is 0 Å². The molecule has 0 spiro atoms. The summed E-state index contributed by atoms with van der Waals surface area (Å²) in [6.45, 7) is 4.01. The molecular formula is C16H17NO2. The summed E-state index contributed by atoms with van der Waals surface area (Å²) in [6, 6.07) is 12.1. The van der Waals surface area contributed by atoms with Gasteiger partial charge >= 0.3 is 0 Å². The van der Waals surface area contributed by atoms with E-state index in [1.165, 1.54) is 11.3 Å². The molecule has 0 radical (unpaired) electrons. The normalized spacial score (nSPS) is 18.2. The van der Waals surface area contributed by atoms with Gasteiger partial charge in [0.25, 0.3) is 0 Å². The predicted molar refractivity (Wildman–Crippen MR) is 74.6 cm³/mol. The molecule has 0 N–H and O–H groups in total. The SMILES string of the molecule is CC1CCN(Cc2ccc(C=O)o2)c2ccccc21. The minimum absolute atomic E-state index is 0.397. The van der Waals surface area contributed by atoms with Gasteiger partial charge in [-0.05, 0) is 36.1 Å². The zero-order valence-corrected chi connectivity index (χ0v) is 11.0. The number of para-hydroxylation sites is 1. The molecule has 2 aromatic rings. The third kappa shape index (κ3) is 2.28. The Morgan fingerprint density at radius 3 is 2.95 bits per heavy atom. The van der Waals surface area contributed by atoms with E-state index >= 15 is 0 Å². The van der Waals surface area contributed by atoms with Crippen LogP contribution in [-0.4, -0.2) is 12.8 Å². The second-order valence-electron chi connectivity index (χ2n) is 5.09. The molecule has 3 heteroatoms. The van der Waals surface area contributed by atoms with Crippen LogP contribution in [0.5, 0.6) is 0 Å². The molecule has 3 rings (SSSR count). The van der Waals surface area contributed by atoms with Crippen LogP contribution in [0, 0.1) is 0 Å². The maximum atomic E-state index is 10.6. The summed E-state index contributed by atoms with van der Waals surface area (Å²) in [7, 11) is 0. The maximum absolute atomic E-state index is 10.6. The number of rotatable bonds is 3. The molecule has 1 aromatic carbocycles. The lowest BCUT2D eigenvalue weighted by Gasteiger charge is -2.33. The first-order valence-electron chi connectivity index (χ1n) is 6.65. The zero-order valence-electron chi connectivity index (χ0n) is 11.0. The van der Waals surface area contributed by atoms with E-state index in [9.17, 15) is 4.79 Å². The molecule has 0 bridgehead atoms. The molecule has 0 fully saturated rings. The van der Waals surface area contributed by atoms with Crippen LogP contribution in [0.3, 0.4) is 0 Å². The average Bonchev–Trinajstić information content (AvgIpc) is 2.90. The first-order chi connectivity index (χ1) is 9.28. The van der Waals surface area contributed by atoms with Crippen LogP contribution >= 0.6 is 0 Å². The minimum atomic E-state index is 0.397. The van der Waals surface area contributed by atoms with Gasteiger partial charge in [0, 0.05) is 12.2 Å². The highest BCUT2D eigenvalue weighted by Gasteiger charge is 2.22. The van der Waals surface area contributed by atoms with Crippen molar-refractivity contribution in [3.8, 4) is 0 Å². The fourth-order valence-electron chi connectivity index (χ4n) is 2.71. The summed E-state index contributed by atoms with van der Waals surface area (Å²) in [5.41, 5.74) is 2.68. The van der Waals surface area contributed by atoms with E-state index in [1.54, 1.807) is 6.07 Å². The Kier molecular flexibility index (Phi) is 3.11. The highest BCUT2D eigenvalue weighted by atomic mass is 16.3. The monoisotopic (exact) mass is 255 g/mol. The topological polar surface area (TPSA) is 33.5 Å². The molecular weight excluding hydrogens is 238 g/mol. The zero-order chi connectivity index (χ0) is 13.2. The lowest BCUT2D eigenvalue weighted by molar-refractivity contribution is 0.109. The lowest BCUT2D eigenvalue weighted by Crippen LogP contribution is -2.29. The number of anilines is 1. The number of nitrogens with zero attached hydrogens (tertiary/aromatic N) is 1. The van der Waals surface area contributed by atoms with Crippen LogP contribution in [0.1, 0.15) is 41.1 Å². The van der Waals surface area contributed by atoms with E-state index in [1.807, 2.05) is 6.07 Å². The van der Waals surface area contributed by atoms with E-state index in [0.717, 1.165) is 31.6 Å². The molecule has 2 heterocycles. The highest BCUT2D eigenvalue weighted by molar-refractivity contribution is 5.70. The number of hydrogen-bond acceptors (Lipinski definition) is 3. The van der Waals surface area contributed by atoms with Gasteiger partial charge in [0.05, 0.1) is 6.54 Å². The lowest BCUT2D eigenvalue weighted by atomic mass is 9.91. The second-order valence-corrected chi connectivity index (χ2v) is 5.09. The highest BCUT2D eigenvalue weighted by Crippen LogP contribution is 2.35. The molecule has 0 saturated carbocycles. The third-order valence-electron chi connectivity index (χ3n) is 3.79. The molecule has 98 valence electrons. The maximum Gasteiger partial charge on any atom is 0.185 e. The quantitative estimate of drug-likeness (QED) is 0.786. The number of aldehydes is 1. The smallest absolute Gasteiger partial charge is 0.185 e. The van der Waals surface area contributed by atoms with Crippen molar-refractivity contribution in [3.05, 3.63) is 53.5 Å². The van der Waals surface area contributed by atoms with Crippen LogP contribution in [0.4, 0.5) is 5.69 Å². The van der Waals surface area contributed by atoms with Crippen LogP contribution in [0.25, 0.3) is 0 Å². The second kappa shape index (κ2) is 4.92. The van der Waals surface area contributed by atoms with Gasteiger partial charge in [0.15, 0.2) is 12.0 Å². The first-order valence-corrected chi connectivity index (χ1v) is 6.65. The number of benzene rings is 1. The van der Waals surface area contributed by atoms with Crippen molar-refractivity contribution in [1.82, 2.24) is 0 Å². The van der Waals surface area contributed by atoms with Crippen molar-refractivity contribution in [2.45, 2.75) is 25.8 Å². The van der Waals surface area contributed by atoms with Crippen molar-refractivity contribution >= 4 is 12.0 Å². The molecule has 1 atom stereocenters. The van der Waals surface area contributed by atoms with Gasteiger partial charge in [-0.25, -0.2) is 0 Å².